The molecule has 0 unspecified atom stereocenters. The molecule has 0 radical (unpaired) electrons. The number of aryl methyl sites for hydroxylation is 2. The number of imidazole rings is 1. The fraction of sp³-hybridized carbons (Fsp3) is 0.600. The Morgan fingerprint density at radius 1 is 1.57 bits per heavy atom. The van der Waals surface area contributed by atoms with Gasteiger partial charge in [0.05, 0.1) is 13.6 Å². The maximum absolute atomic E-state index is 11.3. The smallest absolute Gasteiger partial charge is 0.357 e. The second-order valence-corrected chi connectivity index (χ2v) is 3.20. The topological polar surface area (TPSA) is 35.1 Å². The number of esters is 1. The Morgan fingerprint density at radius 2 is 2.29 bits per heavy atom. The van der Waals surface area contributed by atoms with Crippen LogP contribution in [0.25, 0.3) is 0 Å². The van der Waals surface area contributed by atoms with E-state index in [0.29, 0.717) is 12.4 Å². The maximum Gasteiger partial charge on any atom is 0.463 e. The lowest BCUT2D eigenvalue weighted by molar-refractivity contribution is -0.675. The van der Waals surface area contributed by atoms with E-state index in [4.69, 9.17) is 4.74 Å². The second-order valence-electron chi connectivity index (χ2n) is 3.20. The van der Waals surface area contributed by atoms with Crippen molar-refractivity contribution >= 4 is 5.97 Å². The summed E-state index contributed by atoms with van der Waals surface area (Å²) in [6.45, 7) is 4.77. The molecule has 0 aromatic carbocycles. The van der Waals surface area contributed by atoms with Crippen LogP contribution in [-0.2, 0) is 18.4 Å². The zero-order chi connectivity index (χ0) is 10.6. The van der Waals surface area contributed by atoms with Gasteiger partial charge in [-0.05, 0) is 13.3 Å². The number of hydrogen-bond donors (Lipinski definition) is 0. The lowest BCUT2D eigenvalue weighted by Gasteiger charge is -2.00. The summed E-state index contributed by atoms with van der Waals surface area (Å²) >= 11 is 0. The summed E-state index contributed by atoms with van der Waals surface area (Å²) in [4.78, 5) is 11.3. The van der Waals surface area contributed by atoms with Gasteiger partial charge in [0.15, 0.2) is 0 Å². The van der Waals surface area contributed by atoms with Crippen LogP contribution in [0, 0.1) is 0 Å². The van der Waals surface area contributed by atoms with Gasteiger partial charge in [0, 0.05) is 6.42 Å². The molecular weight excluding hydrogens is 180 g/mol. The van der Waals surface area contributed by atoms with Gasteiger partial charge in [-0.2, -0.15) is 9.13 Å². The molecule has 1 aromatic rings. The van der Waals surface area contributed by atoms with Gasteiger partial charge in [-0.25, -0.2) is 0 Å². The highest BCUT2D eigenvalue weighted by molar-refractivity contribution is 5.71. The van der Waals surface area contributed by atoms with Crippen LogP contribution in [-0.4, -0.2) is 10.5 Å². The van der Waals surface area contributed by atoms with Crippen LogP contribution < -0.4 is 9.30 Å². The zero-order valence-corrected chi connectivity index (χ0v) is 8.99. The molecule has 0 aliphatic carbocycles. The average molecular weight is 197 g/mol. The van der Waals surface area contributed by atoms with Crippen LogP contribution in [0.3, 0.4) is 0 Å². The minimum Gasteiger partial charge on any atom is -0.357 e. The first-order chi connectivity index (χ1) is 6.69. The molecule has 4 heteroatoms. The molecule has 0 N–H and O–H groups in total. The van der Waals surface area contributed by atoms with Crippen LogP contribution in [0.4, 0.5) is 0 Å². The number of rotatable bonds is 4. The molecular formula is C10H17N2O2+. The third-order valence-corrected chi connectivity index (χ3v) is 2.02. The van der Waals surface area contributed by atoms with Crippen LogP contribution in [0.2, 0.25) is 0 Å². The monoisotopic (exact) mass is 197 g/mol. The Bertz CT molecular complexity index is 318. The minimum atomic E-state index is -0.170. The van der Waals surface area contributed by atoms with Gasteiger partial charge in [0.25, 0.3) is 0 Å². The van der Waals surface area contributed by atoms with Crippen LogP contribution in [0.5, 0.6) is 6.01 Å². The number of carbonyl (C=O) groups is 1. The van der Waals surface area contributed by atoms with E-state index in [-0.39, 0.29) is 5.97 Å². The quantitative estimate of drug-likeness (QED) is 0.534. The Balaban J connectivity index is 2.74. The Hall–Kier alpha value is -1.32. The van der Waals surface area contributed by atoms with Gasteiger partial charge in [-0.1, -0.05) is 6.92 Å². The fourth-order valence-electron chi connectivity index (χ4n) is 1.24. The number of hydrogen-bond acceptors (Lipinski definition) is 2. The van der Waals surface area contributed by atoms with Crippen molar-refractivity contribution in [1.82, 2.24) is 4.57 Å². The van der Waals surface area contributed by atoms with E-state index >= 15 is 0 Å². The first kappa shape index (κ1) is 10.8. The van der Waals surface area contributed by atoms with Gasteiger partial charge in [-0.3, -0.25) is 4.79 Å². The molecule has 1 aromatic heterocycles. The van der Waals surface area contributed by atoms with Crippen LogP contribution in [0.1, 0.15) is 26.7 Å². The Morgan fingerprint density at radius 3 is 2.86 bits per heavy atom. The van der Waals surface area contributed by atoms with Crippen molar-refractivity contribution < 1.29 is 14.1 Å². The van der Waals surface area contributed by atoms with Crippen molar-refractivity contribution in [2.24, 2.45) is 7.05 Å². The predicted octanol–water partition coefficient (Wildman–Crippen LogP) is 1.04. The maximum atomic E-state index is 11.3. The molecule has 0 saturated carbocycles. The van der Waals surface area contributed by atoms with E-state index in [2.05, 4.69) is 0 Å². The zero-order valence-electron chi connectivity index (χ0n) is 8.99. The molecule has 0 fully saturated rings. The van der Waals surface area contributed by atoms with Crippen molar-refractivity contribution in [3.63, 3.8) is 0 Å². The summed E-state index contributed by atoms with van der Waals surface area (Å²) < 4.78 is 8.93. The molecule has 14 heavy (non-hydrogen) atoms. The highest BCUT2D eigenvalue weighted by atomic mass is 16.6. The van der Waals surface area contributed by atoms with Crippen molar-refractivity contribution in [2.75, 3.05) is 0 Å². The molecule has 0 amide bonds. The van der Waals surface area contributed by atoms with Crippen LogP contribution in [0.15, 0.2) is 12.4 Å². The van der Waals surface area contributed by atoms with E-state index in [0.717, 1.165) is 13.0 Å². The molecule has 0 spiro atoms. The summed E-state index contributed by atoms with van der Waals surface area (Å²) in [5.74, 6) is -0.170. The van der Waals surface area contributed by atoms with Crippen molar-refractivity contribution in [3.05, 3.63) is 12.4 Å². The third kappa shape index (κ3) is 2.34. The molecule has 4 nitrogen and oxygen atoms in total. The Labute approximate surface area is 84.1 Å². The molecule has 0 atom stereocenters. The summed E-state index contributed by atoms with van der Waals surface area (Å²) in [7, 11) is 1.86. The van der Waals surface area contributed by atoms with E-state index in [9.17, 15) is 4.79 Å². The fourth-order valence-corrected chi connectivity index (χ4v) is 1.24. The third-order valence-electron chi connectivity index (χ3n) is 2.02. The summed E-state index contributed by atoms with van der Waals surface area (Å²) in [5.41, 5.74) is 0. The largest absolute Gasteiger partial charge is 0.463 e. The molecule has 0 aliphatic rings. The highest BCUT2D eigenvalue weighted by Crippen LogP contribution is 2.05. The molecule has 1 heterocycles. The number of carbonyl (C=O) groups excluding carboxylic acids is 1. The van der Waals surface area contributed by atoms with E-state index < -0.39 is 0 Å². The van der Waals surface area contributed by atoms with Crippen molar-refractivity contribution in [1.29, 1.82) is 0 Å². The lowest BCUT2D eigenvalue weighted by Crippen LogP contribution is -2.30. The number of nitrogens with zero attached hydrogens (tertiary/aromatic N) is 2. The van der Waals surface area contributed by atoms with E-state index in [1.807, 2.05) is 37.9 Å². The van der Waals surface area contributed by atoms with E-state index in [1.165, 1.54) is 0 Å². The van der Waals surface area contributed by atoms with Gasteiger partial charge in [0.2, 0.25) is 0 Å². The first-order valence-corrected chi connectivity index (χ1v) is 4.94. The molecule has 78 valence electrons. The number of ether oxygens (including phenoxy) is 1. The summed E-state index contributed by atoms with van der Waals surface area (Å²) in [5, 5.41) is 0. The SMILES string of the molecule is CCCC(=O)Oc1n(CC)cc[n+]1C. The molecule has 1 rings (SSSR count). The average Bonchev–Trinajstić information content (AvgIpc) is 2.48. The van der Waals surface area contributed by atoms with Gasteiger partial charge in [-0.15, -0.1) is 0 Å². The van der Waals surface area contributed by atoms with E-state index in [1.54, 1.807) is 4.57 Å². The van der Waals surface area contributed by atoms with Crippen LogP contribution >= 0.6 is 0 Å². The standard InChI is InChI=1S/C10H17N2O2/c1-4-6-9(13)14-10-11(3)7-8-12(10)5-2/h7-8H,4-6H2,1-3H3/q+1. The summed E-state index contributed by atoms with van der Waals surface area (Å²) in [6, 6.07) is 0.603. The van der Waals surface area contributed by atoms with Gasteiger partial charge < -0.3 is 4.74 Å². The van der Waals surface area contributed by atoms with Crippen molar-refractivity contribution in [2.45, 2.75) is 33.2 Å². The molecule has 0 aliphatic heterocycles. The second kappa shape index (κ2) is 4.79. The lowest BCUT2D eigenvalue weighted by atomic mass is 10.3. The van der Waals surface area contributed by atoms with Gasteiger partial charge >= 0.3 is 12.0 Å². The molecule has 0 saturated heterocycles. The minimum absolute atomic E-state index is 0.170. The molecule has 0 bridgehead atoms. The highest BCUT2D eigenvalue weighted by Gasteiger charge is 2.18. The summed E-state index contributed by atoms with van der Waals surface area (Å²) in [6.07, 6.45) is 5.05. The normalized spacial score (nSPS) is 10.2. The predicted molar refractivity (Wildman–Crippen MR) is 51.8 cm³/mol. The Kier molecular flexibility index (Phi) is 3.68. The van der Waals surface area contributed by atoms with Crippen molar-refractivity contribution in [3.8, 4) is 6.01 Å². The number of aromatic nitrogens is 2. The first-order valence-electron chi connectivity index (χ1n) is 4.94. The van der Waals surface area contributed by atoms with Gasteiger partial charge in [0.1, 0.15) is 12.4 Å².